The number of halogens is 1. The van der Waals surface area contributed by atoms with E-state index in [1.54, 1.807) is 38.1 Å². The molecular formula is C19H27ClN2O4. The first-order valence-electron chi connectivity index (χ1n) is 8.66. The summed E-state index contributed by atoms with van der Waals surface area (Å²) in [6, 6.07) is 5.72. The Balaban J connectivity index is 2.73. The molecule has 1 aromatic carbocycles. The van der Waals surface area contributed by atoms with E-state index in [0.717, 1.165) is 0 Å². The van der Waals surface area contributed by atoms with Crippen LogP contribution in [0.15, 0.2) is 24.3 Å². The second-order valence-corrected chi connectivity index (χ2v) is 7.51. The van der Waals surface area contributed by atoms with Crippen molar-refractivity contribution in [3.8, 4) is 0 Å². The van der Waals surface area contributed by atoms with Crippen molar-refractivity contribution in [1.82, 2.24) is 10.6 Å². The molecule has 0 heterocycles. The average Bonchev–Trinajstić information content (AvgIpc) is 2.58. The molecule has 2 amide bonds. The molecule has 0 bridgehead atoms. The van der Waals surface area contributed by atoms with Crippen LogP contribution < -0.4 is 10.6 Å². The van der Waals surface area contributed by atoms with Gasteiger partial charge in [0.1, 0.15) is 6.04 Å². The Bertz CT molecular complexity index is 643. The van der Waals surface area contributed by atoms with Crippen LogP contribution in [0, 0.1) is 11.3 Å². The van der Waals surface area contributed by atoms with Gasteiger partial charge in [-0.1, -0.05) is 31.9 Å². The fourth-order valence-corrected chi connectivity index (χ4v) is 2.37. The molecule has 0 saturated heterocycles. The number of carbonyl (C=O) groups is 3. The van der Waals surface area contributed by atoms with Gasteiger partial charge < -0.3 is 15.7 Å². The van der Waals surface area contributed by atoms with Crippen molar-refractivity contribution in [2.45, 2.75) is 46.6 Å². The summed E-state index contributed by atoms with van der Waals surface area (Å²) in [5.41, 5.74) is -0.506. The van der Waals surface area contributed by atoms with Crippen LogP contribution in [0.3, 0.4) is 0 Å². The number of benzene rings is 1. The maximum absolute atomic E-state index is 12.5. The van der Waals surface area contributed by atoms with Gasteiger partial charge in [-0.2, -0.15) is 0 Å². The summed E-state index contributed by atoms with van der Waals surface area (Å²) in [6.45, 7) is 7.26. The molecular weight excluding hydrogens is 356 g/mol. The molecule has 0 fully saturated rings. The van der Waals surface area contributed by atoms with E-state index >= 15 is 0 Å². The zero-order valence-corrected chi connectivity index (χ0v) is 16.4. The first-order valence-corrected chi connectivity index (χ1v) is 9.03. The molecule has 2 unspecified atom stereocenters. The summed E-state index contributed by atoms with van der Waals surface area (Å²) in [5, 5.41) is 15.2. The van der Waals surface area contributed by atoms with Crippen molar-refractivity contribution in [3.63, 3.8) is 0 Å². The van der Waals surface area contributed by atoms with E-state index in [1.165, 1.54) is 0 Å². The quantitative estimate of drug-likeness (QED) is 0.611. The minimum atomic E-state index is -0.925. The summed E-state index contributed by atoms with van der Waals surface area (Å²) < 4.78 is 0. The van der Waals surface area contributed by atoms with Crippen molar-refractivity contribution in [3.05, 3.63) is 34.9 Å². The molecule has 0 radical (unpaired) electrons. The molecule has 2 atom stereocenters. The Kier molecular flexibility index (Phi) is 8.08. The summed E-state index contributed by atoms with van der Waals surface area (Å²) in [4.78, 5) is 36.1. The van der Waals surface area contributed by atoms with Gasteiger partial charge in [0.05, 0.1) is 5.41 Å². The predicted octanol–water partition coefficient (Wildman–Crippen LogP) is 3.10. The Morgan fingerprint density at radius 1 is 1.19 bits per heavy atom. The van der Waals surface area contributed by atoms with Crippen LogP contribution in [0.2, 0.25) is 5.02 Å². The lowest BCUT2D eigenvalue weighted by Crippen LogP contribution is -2.50. The van der Waals surface area contributed by atoms with Gasteiger partial charge in [0.25, 0.3) is 5.91 Å². The molecule has 0 aromatic heterocycles. The van der Waals surface area contributed by atoms with Crippen LogP contribution in [0.25, 0.3) is 0 Å². The lowest BCUT2D eigenvalue weighted by atomic mass is 9.89. The second-order valence-electron chi connectivity index (χ2n) is 7.07. The fraction of sp³-hybridized carbons (Fsp3) is 0.526. The first kappa shape index (κ1) is 22.0. The molecule has 7 heteroatoms. The van der Waals surface area contributed by atoms with Crippen LogP contribution in [0.5, 0.6) is 0 Å². The third-order valence-electron chi connectivity index (χ3n) is 4.52. The van der Waals surface area contributed by atoms with E-state index in [2.05, 4.69) is 10.6 Å². The van der Waals surface area contributed by atoms with Gasteiger partial charge in [-0.15, -0.1) is 0 Å². The molecule has 144 valence electrons. The molecule has 0 spiro atoms. The largest absolute Gasteiger partial charge is 0.481 e. The molecule has 3 N–H and O–H groups in total. The number of carbonyl (C=O) groups excluding carboxylic acids is 2. The number of nitrogens with one attached hydrogen (secondary N) is 2. The minimum Gasteiger partial charge on any atom is -0.481 e. The van der Waals surface area contributed by atoms with Crippen LogP contribution in [-0.4, -0.2) is 35.5 Å². The molecule has 6 nitrogen and oxygen atoms in total. The lowest BCUT2D eigenvalue weighted by Gasteiger charge is -2.25. The van der Waals surface area contributed by atoms with Gasteiger partial charge >= 0.3 is 5.97 Å². The second kappa shape index (κ2) is 9.57. The smallest absolute Gasteiger partial charge is 0.309 e. The van der Waals surface area contributed by atoms with E-state index in [1.807, 2.05) is 13.8 Å². The van der Waals surface area contributed by atoms with E-state index in [9.17, 15) is 14.4 Å². The monoisotopic (exact) mass is 382 g/mol. The molecule has 26 heavy (non-hydrogen) atoms. The minimum absolute atomic E-state index is 0.0706. The van der Waals surface area contributed by atoms with E-state index < -0.39 is 17.4 Å². The number of carboxylic acids is 1. The van der Waals surface area contributed by atoms with Crippen LogP contribution in [0.1, 0.15) is 50.9 Å². The Hall–Kier alpha value is -2.08. The topological polar surface area (TPSA) is 95.5 Å². The molecule has 0 saturated carbocycles. The highest BCUT2D eigenvalue weighted by molar-refractivity contribution is 6.30. The molecule has 1 rings (SSSR count). The number of carboxylic acid groups (broad SMARTS) is 1. The highest BCUT2D eigenvalue weighted by atomic mass is 35.5. The van der Waals surface area contributed by atoms with Crippen molar-refractivity contribution in [2.75, 3.05) is 6.54 Å². The summed E-state index contributed by atoms with van der Waals surface area (Å²) in [6.07, 6.45) is 1.01. The predicted molar refractivity (Wildman–Crippen MR) is 101 cm³/mol. The lowest BCUT2D eigenvalue weighted by molar-refractivity contribution is -0.147. The van der Waals surface area contributed by atoms with Gasteiger partial charge in [-0.3, -0.25) is 14.4 Å². The molecule has 0 aliphatic heterocycles. The van der Waals surface area contributed by atoms with Gasteiger partial charge in [-0.05, 0) is 50.5 Å². The van der Waals surface area contributed by atoms with Crippen molar-refractivity contribution in [1.29, 1.82) is 0 Å². The highest BCUT2D eigenvalue weighted by Gasteiger charge is 2.29. The molecule has 0 aliphatic carbocycles. The maximum Gasteiger partial charge on any atom is 0.309 e. The Morgan fingerprint density at radius 2 is 1.77 bits per heavy atom. The molecule has 1 aromatic rings. The van der Waals surface area contributed by atoms with Crippen molar-refractivity contribution < 1.29 is 19.5 Å². The van der Waals surface area contributed by atoms with Crippen LogP contribution in [0.4, 0.5) is 0 Å². The van der Waals surface area contributed by atoms with Gasteiger partial charge in [-0.25, -0.2) is 0 Å². The number of hydrogen-bond acceptors (Lipinski definition) is 3. The van der Waals surface area contributed by atoms with Gasteiger partial charge in [0.2, 0.25) is 5.91 Å². The van der Waals surface area contributed by atoms with Gasteiger partial charge in [0, 0.05) is 17.1 Å². The average molecular weight is 383 g/mol. The first-order chi connectivity index (χ1) is 12.1. The summed E-state index contributed by atoms with van der Waals surface area (Å²) >= 11 is 5.82. The zero-order chi connectivity index (χ0) is 19.9. The number of hydrogen-bond donors (Lipinski definition) is 3. The standard InChI is InChI=1S/C19H27ClN2O4/c1-5-12(2)15(17(24)21-11-10-19(3,4)18(25)26)22-16(23)13-6-8-14(20)9-7-13/h6-9,12,15H,5,10-11H2,1-4H3,(H,21,24)(H,22,23)(H,25,26). The van der Waals surface area contributed by atoms with E-state index in [4.69, 9.17) is 16.7 Å². The third kappa shape index (κ3) is 6.33. The maximum atomic E-state index is 12.5. The van der Waals surface area contributed by atoms with E-state index in [0.29, 0.717) is 23.4 Å². The number of aliphatic carboxylic acids is 1. The van der Waals surface area contributed by atoms with Gasteiger partial charge in [0.15, 0.2) is 0 Å². The Morgan fingerprint density at radius 3 is 2.27 bits per heavy atom. The summed E-state index contributed by atoms with van der Waals surface area (Å²) in [7, 11) is 0. The molecule has 0 aliphatic rings. The summed E-state index contributed by atoms with van der Waals surface area (Å²) in [5.74, 6) is -1.66. The number of amides is 2. The normalized spacial score (nSPS) is 13.6. The zero-order valence-electron chi connectivity index (χ0n) is 15.6. The van der Waals surface area contributed by atoms with Crippen LogP contribution in [-0.2, 0) is 9.59 Å². The van der Waals surface area contributed by atoms with Crippen molar-refractivity contribution >= 4 is 29.4 Å². The third-order valence-corrected chi connectivity index (χ3v) is 4.77. The fourth-order valence-electron chi connectivity index (χ4n) is 2.24. The Labute approximate surface area is 159 Å². The van der Waals surface area contributed by atoms with Crippen molar-refractivity contribution in [2.24, 2.45) is 11.3 Å². The van der Waals surface area contributed by atoms with E-state index in [-0.39, 0.29) is 24.3 Å². The SMILES string of the molecule is CCC(C)C(NC(=O)c1ccc(Cl)cc1)C(=O)NCCC(C)(C)C(=O)O. The number of rotatable bonds is 9. The van der Waals surface area contributed by atoms with Crippen LogP contribution >= 0.6 is 11.6 Å². The highest BCUT2D eigenvalue weighted by Crippen LogP contribution is 2.19.